The van der Waals surface area contributed by atoms with E-state index in [0.29, 0.717) is 0 Å². The molecule has 0 unspecified atom stereocenters. The molecule has 3 aromatic rings. The second-order valence-electron chi connectivity index (χ2n) is 5.10. The van der Waals surface area contributed by atoms with Crippen LogP contribution in [0, 0.1) is 6.92 Å². The minimum absolute atomic E-state index is 0.832. The third-order valence-corrected chi connectivity index (χ3v) is 3.75. The standard InChI is InChI=1S/C17H16BrN3/c1-3-4-17-20-15(10-16(18)21-17)13-7-8-14-12(9-13)6-5-11(2)19-14/h5-10H,3-4H2,1-2H3. The Kier molecular flexibility index (Phi) is 3.97. The molecule has 0 radical (unpaired) electrons. The van der Waals surface area contributed by atoms with E-state index in [1.807, 2.05) is 25.1 Å². The van der Waals surface area contributed by atoms with Crippen LogP contribution >= 0.6 is 15.9 Å². The van der Waals surface area contributed by atoms with Crippen molar-refractivity contribution < 1.29 is 0 Å². The van der Waals surface area contributed by atoms with E-state index < -0.39 is 0 Å². The van der Waals surface area contributed by atoms with Gasteiger partial charge < -0.3 is 0 Å². The SMILES string of the molecule is CCCc1nc(Br)cc(-c2ccc3nc(C)ccc3c2)n1. The molecule has 0 aliphatic heterocycles. The molecule has 3 nitrogen and oxygen atoms in total. The molecule has 106 valence electrons. The predicted molar refractivity (Wildman–Crippen MR) is 89.2 cm³/mol. The van der Waals surface area contributed by atoms with E-state index in [-0.39, 0.29) is 0 Å². The van der Waals surface area contributed by atoms with E-state index in [9.17, 15) is 0 Å². The number of hydrogen-bond donors (Lipinski definition) is 0. The summed E-state index contributed by atoms with van der Waals surface area (Å²) in [4.78, 5) is 13.6. The Morgan fingerprint density at radius 3 is 2.67 bits per heavy atom. The molecule has 0 atom stereocenters. The number of nitrogens with zero attached hydrogens (tertiary/aromatic N) is 3. The number of rotatable bonds is 3. The van der Waals surface area contributed by atoms with Gasteiger partial charge in [0.2, 0.25) is 0 Å². The first-order valence-corrected chi connectivity index (χ1v) is 7.86. The molecule has 4 heteroatoms. The highest BCUT2D eigenvalue weighted by Gasteiger charge is 2.06. The van der Waals surface area contributed by atoms with Crippen LogP contribution < -0.4 is 0 Å². The summed E-state index contributed by atoms with van der Waals surface area (Å²) >= 11 is 3.48. The van der Waals surface area contributed by atoms with Crippen molar-refractivity contribution in [2.75, 3.05) is 0 Å². The zero-order valence-corrected chi connectivity index (χ0v) is 13.7. The first-order chi connectivity index (χ1) is 10.2. The van der Waals surface area contributed by atoms with Gasteiger partial charge in [0.25, 0.3) is 0 Å². The molecule has 3 rings (SSSR count). The maximum absolute atomic E-state index is 4.66. The number of benzene rings is 1. The Morgan fingerprint density at radius 1 is 1.00 bits per heavy atom. The number of aryl methyl sites for hydroxylation is 2. The van der Waals surface area contributed by atoms with Crippen LogP contribution in [0.3, 0.4) is 0 Å². The van der Waals surface area contributed by atoms with Crippen molar-refractivity contribution >= 4 is 26.8 Å². The predicted octanol–water partition coefficient (Wildman–Crippen LogP) is 4.72. The summed E-state index contributed by atoms with van der Waals surface area (Å²) in [5, 5.41) is 1.13. The van der Waals surface area contributed by atoms with Crippen molar-refractivity contribution in [3.63, 3.8) is 0 Å². The average Bonchev–Trinajstić information content (AvgIpc) is 2.46. The second-order valence-corrected chi connectivity index (χ2v) is 5.91. The van der Waals surface area contributed by atoms with Crippen LogP contribution in [0.5, 0.6) is 0 Å². The van der Waals surface area contributed by atoms with Crippen molar-refractivity contribution in [2.24, 2.45) is 0 Å². The molecule has 0 bridgehead atoms. The summed E-state index contributed by atoms with van der Waals surface area (Å²) in [6.07, 6.45) is 1.93. The Hall–Kier alpha value is -1.81. The van der Waals surface area contributed by atoms with Gasteiger partial charge in [0, 0.05) is 23.1 Å². The molecular formula is C17H16BrN3. The quantitative estimate of drug-likeness (QED) is 0.647. The van der Waals surface area contributed by atoms with E-state index in [0.717, 1.165) is 51.1 Å². The van der Waals surface area contributed by atoms with Gasteiger partial charge in [0.05, 0.1) is 11.2 Å². The fourth-order valence-electron chi connectivity index (χ4n) is 2.33. The lowest BCUT2D eigenvalue weighted by atomic mass is 10.1. The van der Waals surface area contributed by atoms with Gasteiger partial charge in [-0.25, -0.2) is 9.97 Å². The van der Waals surface area contributed by atoms with Gasteiger partial charge in [-0.3, -0.25) is 4.98 Å². The summed E-state index contributed by atoms with van der Waals surface area (Å²) in [5.74, 6) is 0.879. The fraction of sp³-hybridized carbons (Fsp3) is 0.235. The van der Waals surface area contributed by atoms with E-state index in [1.54, 1.807) is 0 Å². The van der Waals surface area contributed by atoms with Crippen molar-refractivity contribution in [1.82, 2.24) is 15.0 Å². The number of hydrogen-bond acceptors (Lipinski definition) is 3. The maximum atomic E-state index is 4.66. The number of fused-ring (bicyclic) bond motifs is 1. The van der Waals surface area contributed by atoms with Gasteiger partial charge in [-0.15, -0.1) is 0 Å². The molecule has 21 heavy (non-hydrogen) atoms. The molecule has 0 aliphatic carbocycles. The molecule has 0 fully saturated rings. The van der Waals surface area contributed by atoms with Crippen LogP contribution in [0.2, 0.25) is 0 Å². The third-order valence-electron chi connectivity index (χ3n) is 3.34. The van der Waals surface area contributed by atoms with Gasteiger partial charge in [-0.1, -0.05) is 19.1 Å². The summed E-state index contributed by atoms with van der Waals surface area (Å²) in [5.41, 5.74) is 4.09. The largest absolute Gasteiger partial charge is 0.253 e. The molecule has 0 N–H and O–H groups in total. The van der Waals surface area contributed by atoms with Crippen LogP contribution in [-0.2, 0) is 6.42 Å². The lowest BCUT2D eigenvalue weighted by Gasteiger charge is -2.06. The highest BCUT2D eigenvalue weighted by molar-refractivity contribution is 9.10. The lowest BCUT2D eigenvalue weighted by molar-refractivity contribution is 0.831. The topological polar surface area (TPSA) is 38.7 Å². The van der Waals surface area contributed by atoms with Crippen molar-refractivity contribution in [3.05, 3.63) is 52.5 Å². The molecule has 2 aromatic heterocycles. The molecule has 0 saturated carbocycles. The number of halogens is 1. The van der Waals surface area contributed by atoms with Gasteiger partial charge in [-0.05, 0) is 53.5 Å². The molecule has 1 aromatic carbocycles. The van der Waals surface area contributed by atoms with Crippen LogP contribution in [0.25, 0.3) is 22.2 Å². The Balaban J connectivity index is 2.09. The van der Waals surface area contributed by atoms with Gasteiger partial charge in [-0.2, -0.15) is 0 Å². The fourth-order valence-corrected chi connectivity index (χ4v) is 2.76. The average molecular weight is 342 g/mol. The summed E-state index contributed by atoms with van der Waals surface area (Å²) in [6, 6.07) is 12.3. The van der Waals surface area contributed by atoms with E-state index in [2.05, 4.69) is 56.0 Å². The minimum Gasteiger partial charge on any atom is -0.253 e. The Bertz CT molecular complexity index is 799. The van der Waals surface area contributed by atoms with Crippen LogP contribution in [0.4, 0.5) is 0 Å². The van der Waals surface area contributed by atoms with Crippen LogP contribution in [-0.4, -0.2) is 15.0 Å². The third kappa shape index (κ3) is 3.10. The molecule has 0 spiro atoms. The number of pyridine rings is 1. The number of aromatic nitrogens is 3. The molecule has 2 heterocycles. The van der Waals surface area contributed by atoms with Crippen LogP contribution in [0.1, 0.15) is 24.9 Å². The lowest BCUT2D eigenvalue weighted by Crippen LogP contribution is -1.97. The Labute approximate surface area is 132 Å². The van der Waals surface area contributed by atoms with Crippen molar-refractivity contribution in [1.29, 1.82) is 0 Å². The first kappa shape index (κ1) is 14.1. The first-order valence-electron chi connectivity index (χ1n) is 7.07. The minimum atomic E-state index is 0.832. The van der Waals surface area contributed by atoms with E-state index in [4.69, 9.17) is 0 Å². The zero-order chi connectivity index (χ0) is 14.8. The summed E-state index contributed by atoms with van der Waals surface area (Å²) in [7, 11) is 0. The monoisotopic (exact) mass is 341 g/mol. The molecular weight excluding hydrogens is 326 g/mol. The van der Waals surface area contributed by atoms with Gasteiger partial charge >= 0.3 is 0 Å². The van der Waals surface area contributed by atoms with Crippen molar-refractivity contribution in [2.45, 2.75) is 26.7 Å². The van der Waals surface area contributed by atoms with Gasteiger partial charge in [0.15, 0.2) is 0 Å². The van der Waals surface area contributed by atoms with Gasteiger partial charge in [0.1, 0.15) is 10.4 Å². The van der Waals surface area contributed by atoms with E-state index >= 15 is 0 Å². The highest BCUT2D eigenvalue weighted by Crippen LogP contribution is 2.24. The molecule has 0 aliphatic rings. The second kappa shape index (κ2) is 5.90. The van der Waals surface area contributed by atoms with E-state index in [1.165, 1.54) is 0 Å². The maximum Gasteiger partial charge on any atom is 0.130 e. The Morgan fingerprint density at radius 2 is 1.86 bits per heavy atom. The summed E-state index contributed by atoms with van der Waals surface area (Å²) < 4.78 is 0.832. The van der Waals surface area contributed by atoms with Crippen molar-refractivity contribution in [3.8, 4) is 11.3 Å². The van der Waals surface area contributed by atoms with Crippen LogP contribution in [0.15, 0.2) is 41.0 Å². The zero-order valence-electron chi connectivity index (χ0n) is 12.1. The smallest absolute Gasteiger partial charge is 0.130 e. The normalized spacial score (nSPS) is 11.0. The summed E-state index contributed by atoms with van der Waals surface area (Å²) in [6.45, 7) is 4.14. The molecule has 0 saturated heterocycles. The highest BCUT2D eigenvalue weighted by atomic mass is 79.9. The molecule has 0 amide bonds.